The third-order valence-corrected chi connectivity index (χ3v) is 8.43. The molecule has 1 aromatic heterocycles. The van der Waals surface area contributed by atoms with Crippen molar-refractivity contribution in [3.8, 4) is 6.07 Å². The molecule has 3 fully saturated rings. The van der Waals surface area contributed by atoms with Gasteiger partial charge in [-0.05, 0) is 42.7 Å². The molecular formula is C29H34ClN5O4. The van der Waals surface area contributed by atoms with Gasteiger partial charge < -0.3 is 24.2 Å². The lowest BCUT2D eigenvalue weighted by atomic mass is 9.90. The monoisotopic (exact) mass is 551 g/mol. The van der Waals surface area contributed by atoms with Crippen molar-refractivity contribution in [3.05, 3.63) is 58.7 Å². The van der Waals surface area contributed by atoms with Gasteiger partial charge in [-0.1, -0.05) is 30.7 Å². The Labute approximate surface area is 234 Å². The van der Waals surface area contributed by atoms with Crippen molar-refractivity contribution in [1.82, 2.24) is 14.8 Å². The fourth-order valence-electron chi connectivity index (χ4n) is 5.66. The van der Waals surface area contributed by atoms with Gasteiger partial charge in [-0.2, -0.15) is 5.26 Å². The molecule has 3 saturated heterocycles. The average Bonchev–Trinajstić information content (AvgIpc) is 3.40. The molecule has 0 bridgehead atoms. The molecule has 2 atom stereocenters. The molecule has 4 heterocycles. The molecule has 9 nitrogen and oxygen atoms in total. The summed E-state index contributed by atoms with van der Waals surface area (Å²) in [7, 11) is 1.76. The molecule has 2 amide bonds. The lowest BCUT2D eigenvalue weighted by molar-refractivity contribution is -0.135. The summed E-state index contributed by atoms with van der Waals surface area (Å²) < 4.78 is 10.9. The summed E-state index contributed by atoms with van der Waals surface area (Å²) in [5.74, 6) is 0.825. The predicted octanol–water partition coefficient (Wildman–Crippen LogP) is 3.92. The summed E-state index contributed by atoms with van der Waals surface area (Å²) in [6.07, 6.45) is 2.65. The number of pyridine rings is 1. The van der Waals surface area contributed by atoms with Crippen LogP contribution >= 0.6 is 11.6 Å². The lowest BCUT2D eigenvalue weighted by Crippen LogP contribution is -2.47. The predicted molar refractivity (Wildman–Crippen MR) is 146 cm³/mol. The van der Waals surface area contributed by atoms with Gasteiger partial charge in [0.25, 0.3) is 0 Å². The normalized spacial score (nSPS) is 22.6. The third-order valence-electron chi connectivity index (χ3n) is 8.17. The van der Waals surface area contributed by atoms with Crippen LogP contribution in [-0.4, -0.2) is 85.9 Å². The largest absolute Gasteiger partial charge is 0.449 e. The minimum absolute atomic E-state index is 0.0469. The Kier molecular flexibility index (Phi) is 7.96. The summed E-state index contributed by atoms with van der Waals surface area (Å²) in [6, 6.07) is 13.1. The summed E-state index contributed by atoms with van der Waals surface area (Å²) in [6.45, 7) is 5.96. The zero-order valence-corrected chi connectivity index (χ0v) is 23.1. The van der Waals surface area contributed by atoms with Crippen LogP contribution in [0.5, 0.6) is 0 Å². The number of likely N-dealkylation sites (N-methyl/N-ethyl adjacent to an activating group) is 1. The number of nitriles is 1. The number of likely N-dealkylation sites (tertiary alicyclic amines) is 1. The van der Waals surface area contributed by atoms with Crippen LogP contribution in [-0.2, 0) is 14.3 Å². The zero-order chi connectivity index (χ0) is 27.6. The summed E-state index contributed by atoms with van der Waals surface area (Å²) in [4.78, 5) is 36.8. The van der Waals surface area contributed by atoms with Gasteiger partial charge in [0, 0.05) is 61.7 Å². The first kappa shape index (κ1) is 27.2. The molecule has 0 radical (unpaired) electrons. The fourth-order valence-corrected chi connectivity index (χ4v) is 5.78. The molecule has 0 unspecified atom stereocenters. The molecule has 3 aliphatic heterocycles. The van der Waals surface area contributed by atoms with Crippen molar-refractivity contribution in [2.45, 2.75) is 31.7 Å². The Morgan fingerprint density at radius 3 is 2.49 bits per heavy atom. The highest BCUT2D eigenvalue weighted by atomic mass is 35.5. The van der Waals surface area contributed by atoms with E-state index in [1.54, 1.807) is 24.2 Å². The van der Waals surface area contributed by atoms with E-state index in [0.717, 1.165) is 37.3 Å². The van der Waals surface area contributed by atoms with Gasteiger partial charge in [-0.3, -0.25) is 4.79 Å². The number of nitrogens with zero attached hydrogens (tertiary/aromatic N) is 5. The minimum Gasteiger partial charge on any atom is -0.449 e. The summed E-state index contributed by atoms with van der Waals surface area (Å²) in [5, 5.41) is 9.66. The van der Waals surface area contributed by atoms with Gasteiger partial charge in [-0.25, -0.2) is 9.78 Å². The number of aromatic nitrogens is 1. The molecular weight excluding hydrogens is 518 g/mol. The summed E-state index contributed by atoms with van der Waals surface area (Å²) >= 11 is 6.14. The van der Waals surface area contributed by atoms with Gasteiger partial charge in [0.1, 0.15) is 18.5 Å². The highest BCUT2D eigenvalue weighted by molar-refractivity contribution is 6.30. The van der Waals surface area contributed by atoms with E-state index in [9.17, 15) is 9.59 Å². The topological polar surface area (TPSA) is 99.0 Å². The lowest BCUT2D eigenvalue weighted by Gasteiger charge is -2.38. The maximum absolute atomic E-state index is 13.7. The van der Waals surface area contributed by atoms with Crippen LogP contribution in [0, 0.1) is 22.7 Å². The van der Waals surface area contributed by atoms with Crippen molar-refractivity contribution in [2.24, 2.45) is 11.3 Å². The Balaban J connectivity index is 1.24. The first-order valence-corrected chi connectivity index (χ1v) is 13.8. The van der Waals surface area contributed by atoms with Crippen molar-refractivity contribution in [3.63, 3.8) is 0 Å². The van der Waals surface area contributed by atoms with Crippen molar-refractivity contribution in [2.75, 3.05) is 57.9 Å². The van der Waals surface area contributed by atoms with Gasteiger partial charge in [-0.15, -0.1) is 0 Å². The highest BCUT2D eigenvalue weighted by Crippen LogP contribution is 2.34. The number of hydrogen-bond donors (Lipinski definition) is 0. The molecule has 2 aromatic rings. The SMILES string of the molecule is CN(C(=O)OCC1(C)COC1)[C@@H]1CN(C(=O)C2CCN(c3ccc(C#N)cn3)CC2)C[C@H]1c1ccc(Cl)cc1. The molecule has 10 heteroatoms. The third kappa shape index (κ3) is 5.97. The molecule has 39 heavy (non-hydrogen) atoms. The van der Waals surface area contributed by atoms with Crippen LogP contribution in [0.25, 0.3) is 0 Å². The fraction of sp³-hybridized carbons (Fsp3) is 0.517. The van der Waals surface area contributed by atoms with E-state index in [1.165, 1.54) is 0 Å². The zero-order valence-electron chi connectivity index (χ0n) is 22.4. The van der Waals surface area contributed by atoms with Crippen LogP contribution in [0.4, 0.5) is 10.6 Å². The number of benzene rings is 1. The number of anilines is 1. The number of ether oxygens (including phenoxy) is 2. The van der Waals surface area contributed by atoms with Crippen molar-refractivity contribution < 1.29 is 19.1 Å². The maximum Gasteiger partial charge on any atom is 0.409 e. The van der Waals surface area contributed by atoms with Crippen molar-refractivity contribution >= 4 is 29.4 Å². The molecule has 3 aliphatic rings. The second-order valence-electron chi connectivity index (χ2n) is 11.2. The second-order valence-corrected chi connectivity index (χ2v) is 11.7. The molecule has 5 rings (SSSR count). The number of halogens is 1. The van der Waals surface area contributed by atoms with E-state index in [2.05, 4.69) is 16.0 Å². The molecule has 0 aliphatic carbocycles. The number of amides is 2. The Hall–Kier alpha value is -3.35. The van der Waals surface area contributed by atoms with E-state index in [0.29, 0.717) is 43.5 Å². The maximum atomic E-state index is 13.7. The number of rotatable bonds is 6. The standard InChI is InChI=1S/C29H34ClN5O4/c1-29(17-38-18-29)19-39-28(37)33(2)25-16-35(15-24(25)21-4-6-23(30)7-5-21)27(36)22-9-11-34(12-10-22)26-8-3-20(13-31)14-32-26/h3-8,14,22,24-25H,9-12,15-19H2,1-2H3/t24-,25+/m0/s1. The number of hydrogen-bond acceptors (Lipinski definition) is 7. The van der Waals surface area contributed by atoms with Gasteiger partial charge >= 0.3 is 6.09 Å². The molecule has 0 N–H and O–H groups in total. The first-order valence-electron chi connectivity index (χ1n) is 13.4. The second kappa shape index (κ2) is 11.4. The van der Waals surface area contributed by atoms with E-state index in [4.69, 9.17) is 26.3 Å². The number of piperidine rings is 1. The van der Waals surface area contributed by atoms with E-state index < -0.39 is 0 Å². The molecule has 0 spiro atoms. The highest BCUT2D eigenvalue weighted by Gasteiger charge is 2.43. The van der Waals surface area contributed by atoms with Crippen LogP contribution in [0.3, 0.4) is 0 Å². The number of carbonyl (C=O) groups excluding carboxylic acids is 2. The van der Waals surface area contributed by atoms with Crippen LogP contribution in [0.2, 0.25) is 5.02 Å². The van der Waals surface area contributed by atoms with Gasteiger partial charge in [0.15, 0.2) is 0 Å². The van der Waals surface area contributed by atoms with Crippen LogP contribution < -0.4 is 4.90 Å². The van der Waals surface area contributed by atoms with E-state index >= 15 is 0 Å². The smallest absolute Gasteiger partial charge is 0.409 e. The Bertz CT molecular complexity index is 1220. The van der Waals surface area contributed by atoms with Gasteiger partial charge in [0.05, 0.1) is 24.8 Å². The number of carbonyl (C=O) groups is 2. The molecule has 1 aromatic carbocycles. The Morgan fingerprint density at radius 1 is 1.18 bits per heavy atom. The summed E-state index contributed by atoms with van der Waals surface area (Å²) in [5.41, 5.74) is 1.44. The molecule has 206 valence electrons. The molecule has 0 saturated carbocycles. The Morgan fingerprint density at radius 2 is 1.90 bits per heavy atom. The average molecular weight is 552 g/mol. The van der Waals surface area contributed by atoms with E-state index in [-0.39, 0.29) is 35.3 Å². The van der Waals surface area contributed by atoms with Crippen molar-refractivity contribution in [1.29, 1.82) is 5.26 Å². The quantitative estimate of drug-likeness (QED) is 0.536. The van der Waals surface area contributed by atoms with Crippen LogP contribution in [0.1, 0.15) is 36.8 Å². The first-order chi connectivity index (χ1) is 18.8. The van der Waals surface area contributed by atoms with E-state index in [1.807, 2.05) is 42.2 Å². The minimum atomic E-state index is -0.385. The van der Waals surface area contributed by atoms with Crippen LogP contribution in [0.15, 0.2) is 42.6 Å². The van der Waals surface area contributed by atoms with Gasteiger partial charge in [0.2, 0.25) is 5.91 Å².